The molecule has 4 aromatic rings. The smallest absolute Gasteiger partial charge is 0.242 e. The van der Waals surface area contributed by atoms with Crippen LogP contribution in [0.25, 0.3) is 0 Å². The van der Waals surface area contributed by atoms with Gasteiger partial charge in [0.1, 0.15) is 5.25 Å². The second-order valence-corrected chi connectivity index (χ2v) is 9.81. The number of hydrogen-bond donors (Lipinski definition) is 2. The fourth-order valence-corrected chi connectivity index (χ4v) is 5.10. The summed E-state index contributed by atoms with van der Waals surface area (Å²) in [7, 11) is 0. The molecule has 0 spiro atoms. The van der Waals surface area contributed by atoms with E-state index in [1.807, 2.05) is 67.6 Å². The van der Waals surface area contributed by atoms with E-state index in [-0.39, 0.29) is 5.91 Å². The van der Waals surface area contributed by atoms with Crippen LogP contribution in [0, 0.1) is 6.92 Å². The molecule has 162 valence electrons. The van der Waals surface area contributed by atoms with Gasteiger partial charge in [0.25, 0.3) is 0 Å². The lowest BCUT2D eigenvalue weighted by Gasteiger charge is -2.16. The zero-order valence-electron chi connectivity index (χ0n) is 17.3. The number of halogens is 1. The summed E-state index contributed by atoms with van der Waals surface area (Å²) in [5.41, 5.74) is 3.68. The average molecular weight is 481 g/mol. The Bertz CT molecular complexity index is 1190. The summed E-state index contributed by atoms with van der Waals surface area (Å²) in [5.74, 6) is -0.143. The second-order valence-electron chi connectivity index (χ2n) is 7.07. The van der Waals surface area contributed by atoms with Crippen molar-refractivity contribution in [2.45, 2.75) is 23.1 Å². The van der Waals surface area contributed by atoms with Crippen LogP contribution in [0.15, 0.2) is 83.2 Å². The molecule has 0 radical (unpaired) electrons. The molecule has 8 heteroatoms. The van der Waals surface area contributed by atoms with Gasteiger partial charge in [-0.15, -0.1) is 10.2 Å². The first-order valence-electron chi connectivity index (χ1n) is 9.98. The van der Waals surface area contributed by atoms with Gasteiger partial charge < -0.3 is 10.6 Å². The average Bonchev–Trinajstić information content (AvgIpc) is 3.27. The first-order chi connectivity index (χ1) is 15.6. The molecule has 0 bridgehead atoms. The zero-order chi connectivity index (χ0) is 22.3. The number of rotatable bonds is 8. The largest absolute Gasteiger partial charge is 0.356 e. The van der Waals surface area contributed by atoms with Gasteiger partial charge in [0, 0.05) is 17.3 Å². The number of aromatic nitrogens is 2. The number of thioether (sulfide) groups is 1. The Kier molecular flexibility index (Phi) is 7.42. The topological polar surface area (TPSA) is 66.9 Å². The lowest BCUT2D eigenvalue weighted by Crippen LogP contribution is -2.19. The minimum absolute atomic E-state index is 0.143. The van der Waals surface area contributed by atoms with Crippen LogP contribution in [0.5, 0.6) is 0 Å². The minimum atomic E-state index is -0.480. The van der Waals surface area contributed by atoms with E-state index < -0.39 is 5.25 Å². The number of nitrogens with zero attached hydrogens (tertiary/aromatic N) is 2. The van der Waals surface area contributed by atoms with Crippen LogP contribution < -0.4 is 10.6 Å². The predicted molar refractivity (Wildman–Crippen MR) is 134 cm³/mol. The standard InChI is InChI=1S/C24H21ClN4OS2/c1-16-12-13-19(14-20(16)25)27-22(30)21(18-10-6-3-7-11-18)31-24-29-28-23(32-24)26-15-17-8-4-2-5-9-17/h2-14,21H,15H2,1H3,(H,26,28)(H,27,30). The molecule has 1 aromatic heterocycles. The molecule has 32 heavy (non-hydrogen) atoms. The third-order valence-corrected chi connectivity index (χ3v) is 7.32. The summed E-state index contributed by atoms with van der Waals surface area (Å²) in [6.07, 6.45) is 0. The number of carbonyl (C=O) groups excluding carboxylic acids is 1. The van der Waals surface area contributed by atoms with Crippen molar-refractivity contribution in [3.63, 3.8) is 0 Å². The third-order valence-electron chi connectivity index (χ3n) is 4.69. The molecule has 2 N–H and O–H groups in total. The number of hydrogen-bond acceptors (Lipinski definition) is 6. The van der Waals surface area contributed by atoms with Crippen LogP contribution in [0.1, 0.15) is 21.9 Å². The molecule has 1 atom stereocenters. The SMILES string of the molecule is Cc1ccc(NC(=O)C(Sc2nnc(NCc3ccccc3)s2)c2ccccc2)cc1Cl. The van der Waals surface area contributed by atoms with Gasteiger partial charge in [-0.1, -0.05) is 101 Å². The molecule has 1 unspecified atom stereocenters. The highest BCUT2D eigenvalue weighted by Crippen LogP contribution is 2.38. The predicted octanol–water partition coefficient (Wildman–Crippen LogP) is 6.58. The number of benzene rings is 3. The van der Waals surface area contributed by atoms with E-state index in [4.69, 9.17) is 11.6 Å². The van der Waals surface area contributed by atoms with Crippen molar-refractivity contribution in [2.75, 3.05) is 10.6 Å². The number of amides is 1. The van der Waals surface area contributed by atoms with Crippen molar-refractivity contribution in [1.82, 2.24) is 10.2 Å². The Balaban J connectivity index is 1.48. The fourth-order valence-electron chi connectivity index (χ4n) is 2.98. The van der Waals surface area contributed by atoms with Crippen LogP contribution in [0.3, 0.4) is 0 Å². The molecule has 0 aliphatic rings. The lowest BCUT2D eigenvalue weighted by atomic mass is 10.1. The van der Waals surface area contributed by atoms with Crippen molar-refractivity contribution < 1.29 is 4.79 Å². The molecule has 0 aliphatic heterocycles. The normalized spacial score (nSPS) is 11.7. The van der Waals surface area contributed by atoms with Gasteiger partial charge >= 0.3 is 0 Å². The summed E-state index contributed by atoms with van der Waals surface area (Å²) in [5, 5.41) is 15.6. The molecular weight excluding hydrogens is 460 g/mol. The summed E-state index contributed by atoms with van der Waals surface area (Å²) < 4.78 is 0.714. The van der Waals surface area contributed by atoms with Crippen molar-refractivity contribution >= 4 is 51.4 Å². The van der Waals surface area contributed by atoms with E-state index in [9.17, 15) is 4.79 Å². The van der Waals surface area contributed by atoms with Gasteiger partial charge in [-0.05, 0) is 35.7 Å². The molecule has 5 nitrogen and oxygen atoms in total. The van der Waals surface area contributed by atoms with Crippen LogP contribution in [0.2, 0.25) is 5.02 Å². The van der Waals surface area contributed by atoms with Crippen molar-refractivity contribution in [1.29, 1.82) is 0 Å². The molecule has 1 amide bonds. The van der Waals surface area contributed by atoms with Crippen molar-refractivity contribution in [2.24, 2.45) is 0 Å². The van der Waals surface area contributed by atoms with Gasteiger partial charge in [0.15, 0.2) is 4.34 Å². The van der Waals surface area contributed by atoms with Crippen LogP contribution in [-0.2, 0) is 11.3 Å². The van der Waals surface area contributed by atoms with Gasteiger partial charge in [-0.25, -0.2) is 0 Å². The van der Waals surface area contributed by atoms with Crippen LogP contribution in [0.4, 0.5) is 10.8 Å². The quantitative estimate of drug-likeness (QED) is 0.279. The highest BCUT2D eigenvalue weighted by Gasteiger charge is 2.24. The summed E-state index contributed by atoms with van der Waals surface area (Å²) in [6.45, 7) is 2.59. The minimum Gasteiger partial charge on any atom is -0.356 e. The molecule has 0 aliphatic carbocycles. The van der Waals surface area contributed by atoms with Gasteiger partial charge in [0.05, 0.1) is 0 Å². The maximum Gasteiger partial charge on any atom is 0.242 e. The maximum atomic E-state index is 13.2. The first kappa shape index (κ1) is 22.3. The number of carbonyl (C=O) groups is 1. The molecule has 0 saturated heterocycles. The lowest BCUT2D eigenvalue weighted by molar-refractivity contribution is -0.115. The maximum absolute atomic E-state index is 13.2. The van der Waals surface area contributed by atoms with Crippen LogP contribution >= 0.6 is 34.7 Å². The van der Waals surface area contributed by atoms with Gasteiger partial charge in [0.2, 0.25) is 11.0 Å². The first-order valence-corrected chi connectivity index (χ1v) is 12.1. The molecule has 3 aromatic carbocycles. The Morgan fingerprint density at radius 3 is 2.47 bits per heavy atom. The molecule has 0 saturated carbocycles. The Morgan fingerprint density at radius 1 is 1.03 bits per heavy atom. The van der Waals surface area contributed by atoms with Gasteiger partial charge in [-0.2, -0.15) is 0 Å². The van der Waals surface area contributed by atoms with E-state index in [0.29, 0.717) is 26.7 Å². The second kappa shape index (κ2) is 10.6. The van der Waals surface area contributed by atoms with Gasteiger partial charge in [-0.3, -0.25) is 4.79 Å². The zero-order valence-corrected chi connectivity index (χ0v) is 19.7. The van der Waals surface area contributed by atoms with Crippen molar-refractivity contribution in [3.8, 4) is 0 Å². The van der Waals surface area contributed by atoms with E-state index in [2.05, 4.69) is 33.0 Å². The Labute approximate surface area is 200 Å². The highest BCUT2D eigenvalue weighted by atomic mass is 35.5. The number of anilines is 2. The monoisotopic (exact) mass is 480 g/mol. The number of aryl methyl sites for hydroxylation is 1. The molecule has 1 heterocycles. The highest BCUT2D eigenvalue weighted by molar-refractivity contribution is 8.02. The van der Waals surface area contributed by atoms with Crippen LogP contribution in [-0.4, -0.2) is 16.1 Å². The number of nitrogens with one attached hydrogen (secondary N) is 2. The Morgan fingerprint density at radius 2 is 1.75 bits per heavy atom. The Hall–Kier alpha value is -2.87. The summed E-state index contributed by atoms with van der Waals surface area (Å²) >= 11 is 9.03. The van der Waals surface area contributed by atoms with E-state index in [1.54, 1.807) is 6.07 Å². The molecule has 0 fully saturated rings. The van der Waals surface area contributed by atoms with E-state index >= 15 is 0 Å². The molecular formula is C24H21ClN4OS2. The third kappa shape index (κ3) is 5.88. The van der Waals surface area contributed by atoms with E-state index in [1.165, 1.54) is 23.1 Å². The summed E-state index contributed by atoms with van der Waals surface area (Å²) in [6, 6.07) is 25.3. The van der Waals surface area contributed by atoms with E-state index in [0.717, 1.165) is 16.7 Å². The summed E-state index contributed by atoms with van der Waals surface area (Å²) in [4.78, 5) is 13.2. The fraction of sp³-hybridized carbons (Fsp3) is 0.125. The molecule has 4 rings (SSSR count). The van der Waals surface area contributed by atoms with Crippen molar-refractivity contribution in [3.05, 3.63) is 101 Å².